The number of hydrogen-bond donors (Lipinski definition) is 1. The van der Waals surface area contributed by atoms with E-state index in [1.165, 1.54) is 37.7 Å². The van der Waals surface area contributed by atoms with E-state index < -0.39 is 10.9 Å². The number of aliphatic hydroxyl groups excluding tert-OH is 1. The number of imidazole rings is 1. The van der Waals surface area contributed by atoms with Crippen LogP contribution in [0.25, 0.3) is 21.5 Å². The predicted molar refractivity (Wildman–Crippen MR) is 133 cm³/mol. The SMILES string of the molecule is COC(=O)c1c(N2C[C@@H]3C(CO)[C@@H]3C2)sc(-c2ccc3c(c2)ncn3C2CCCCC2)c1[N+](=O)[O-]. The minimum atomic E-state index is -0.698. The smallest absolute Gasteiger partial charge is 0.347 e. The zero-order valence-electron chi connectivity index (χ0n) is 19.6. The number of anilines is 1. The summed E-state index contributed by atoms with van der Waals surface area (Å²) < 4.78 is 7.22. The topological polar surface area (TPSA) is 111 Å². The molecule has 9 nitrogen and oxygen atoms in total. The number of esters is 1. The fourth-order valence-electron chi connectivity index (χ4n) is 6.20. The zero-order chi connectivity index (χ0) is 24.3. The Balaban J connectivity index is 1.41. The first-order valence-electron chi connectivity index (χ1n) is 12.2. The van der Waals surface area contributed by atoms with E-state index in [-0.39, 0.29) is 17.9 Å². The van der Waals surface area contributed by atoms with Crippen molar-refractivity contribution in [3.8, 4) is 10.4 Å². The maximum atomic E-state index is 12.8. The second-order valence-electron chi connectivity index (χ2n) is 9.93. The van der Waals surface area contributed by atoms with Gasteiger partial charge >= 0.3 is 11.7 Å². The predicted octanol–water partition coefficient (Wildman–Crippen LogP) is 4.64. The van der Waals surface area contributed by atoms with Gasteiger partial charge in [0.1, 0.15) is 9.88 Å². The number of aromatic nitrogens is 2. The lowest BCUT2D eigenvalue weighted by Crippen LogP contribution is -2.25. The molecule has 3 atom stereocenters. The van der Waals surface area contributed by atoms with E-state index in [2.05, 4.69) is 9.55 Å². The number of rotatable bonds is 6. The highest BCUT2D eigenvalue weighted by Gasteiger charge is 2.56. The number of fused-ring (bicyclic) bond motifs is 2. The molecule has 0 amide bonds. The molecular weight excluding hydrogens is 468 g/mol. The normalized spacial score (nSPS) is 24.1. The summed E-state index contributed by atoms with van der Waals surface area (Å²) in [5.74, 6) is 0.338. The average molecular weight is 497 g/mol. The quantitative estimate of drug-likeness (QED) is 0.301. The Labute approximate surface area is 206 Å². The Morgan fingerprint density at radius 2 is 2.00 bits per heavy atom. The van der Waals surface area contributed by atoms with Crippen molar-refractivity contribution in [2.24, 2.45) is 17.8 Å². The van der Waals surface area contributed by atoms with Crippen LogP contribution < -0.4 is 4.90 Å². The minimum Gasteiger partial charge on any atom is -0.465 e. The number of hydrogen-bond acceptors (Lipinski definition) is 8. The van der Waals surface area contributed by atoms with E-state index in [4.69, 9.17) is 4.74 Å². The van der Waals surface area contributed by atoms with Gasteiger partial charge in [0.25, 0.3) is 0 Å². The van der Waals surface area contributed by atoms with Crippen molar-refractivity contribution >= 4 is 39.0 Å². The number of aliphatic hydroxyl groups is 1. The lowest BCUT2D eigenvalue weighted by atomic mass is 9.95. The van der Waals surface area contributed by atoms with Gasteiger partial charge in [-0.1, -0.05) is 25.3 Å². The lowest BCUT2D eigenvalue weighted by molar-refractivity contribution is -0.384. The van der Waals surface area contributed by atoms with Crippen molar-refractivity contribution in [3.63, 3.8) is 0 Å². The van der Waals surface area contributed by atoms with E-state index in [1.54, 1.807) is 0 Å². The minimum absolute atomic E-state index is 0.0205. The molecule has 3 heterocycles. The van der Waals surface area contributed by atoms with Crippen LogP contribution in [0.5, 0.6) is 0 Å². The summed E-state index contributed by atoms with van der Waals surface area (Å²) >= 11 is 1.27. The molecule has 1 saturated heterocycles. The van der Waals surface area contributed by atoms with Gasteiger partial charge in [0.2, 0.25) is 0 Å². The van der Waals surface area contributed by atoms with Gasteiger partial charge in [0.05, 0.1) is 29.4 Å². The van der Waals surface area contributed by atoms with Crippen molar-refractivity contribution in [2.75, 3.05) is 31.7 Å². The third-order valence-corrected chi connectivity index (χ3v) is 9.40. The number of nitrogens with zero attached hydrogens (tertiary/aromatic N) is 4. The first kappa shape index (κ1) is 22.5. The zero-order valence-corrected chi connectivity index (χ0v) is 20.4. The third kappa shape index (κ3) is 3.61. The monoisotopic (exact) mass is 496 g/mol. The summed E-state index contributed by atoms with van der Waals surface area (Å²) in [5.41, 5.74) is 2.32. The Hall–Kier alpha value is -2.98. The van der Waals surface area contributed by atoms with Crippen LogP contribution in [0, 0.1) is 27.9 Å². The summed E-state index contributed by atoms with van der Waals surface area (Å²) in [4.78, 5) is 31.6. The maximum Gasteiger partial charge on any atom is 0.347 e. The Bertz CT molecular complexity index is 1300. The van der Waals surface area contributed by atoms with Gasteiger partial charge in [0.15, 0.2) is 5.56 Å². The second-order valence-corrected chi connectivity index (χ2v) is 10.9. The van der Waals surface area contributed by atoms with Crippen molar-refractivity contribution in [1.82, 2.24) is 9.55 Å². The van der Waals surface area contributed by atoms with Crippen LogP contribution in [-0.2, 0) is 4.74 Å². The van der Waals surface area contributed by atoms with E-state index in [0.717, 1.165) is 23.9 Å². The number of ether oxygens (including phenoxy) is 1. The number of carbonyl (C=O) groups excluding carboxylic acids is 1. The number of thiophene rings is 1. The van der Waals surface area contributed by atoms with Crippen LogP contribution in [0.2, 0.25) is 0 Å². The highest BCUT2D eigenvalue weighted by Crippen LogP contribution is 2.56. The Morgan fingerprint density at radius 3 is 2.66 bits per heavy atom. The van der Waals surface area contributed by atoms with E-state index in [1.807, 2.05) is 29.4 Å². The van der Waals surface area contributed by atoms with Crippen LogP contribution in [0.3, 0.4) is 0 Å². The standard InChI is InChI=1S/C25H28N4O5S/c1-34-25(31)21-22(29(32)33)23(35-24(21)27-10-16-17(11-27)18(16)12-30)14-7-8-20-19(9-14)26-13-28(20)15-5-3-2-4-6-15/h7-9,13,15-18,30H,2-6,10-12H2,1H3/t16-,17+,18?. The first-order valence-corrected chi connectivity index (χ1v) is 13.1. The van der Waals surface area contributed by atoms with Crippen molar-refractivity contribution in [1.29, 1.82) is 0 Å². The molecule has 35 heavy (non-hydrogen) atoms. The number of nitro groups is 1. The summed E-state index contributed by atoms with van der Waals surface area (Å²) in [7, 11) is 1.25. The van der Waals surface area contributed by atoms with Crippen LogP contribution >= 0.6 is 11.3 Å². The fraction of sp³-hybridized carbons (Fsp3) is 0.520. The Kier molecular flexibility index (Phi) is 5.52. The van der Waals surface area contributed by atoms with Crippen LogP contribution in [-0.4, -0.2) is 52.4 Å². The van der Waals surface area contributed by atoms with Gasteiger partial charge in [0, 0.05) is 31.3 Å². The molecule has 184 valence electrons. The molecule has 6 rings (SSSR count). The summed E-state index contributed by atoms with van der Waals surface area (Å²) in [6.45, 7) is 1.53. The molecule has 1 N–H and O–H groups in total. The lowest BCUT2D eigenvalue weighted by Gasteiger charge is -2.23. The van der Waals surface area contributed by atoms with E-state index >= 15 is 0 Å². The van der Waals surface area contributed by atoms with Gasteiger partial charge < -0.3 is 19.3 Å². The van der Waals surface area contributed by atoms with Gasteiger partial charge in [-0.05, 0) is 42.7 Å². The summed E-state index contributed by atoms with van der Waals surface area (Å²) in [6.07, 6.45) is 7.89. The molecular formula is C25H28N4O5S. The molecule has 1 aromatic carbocycles. The molecule has 3 fully saturated rings. The van der Waals surface area contributed by atoms with Gasteiger partial charge in [-0.3, -0.25) is 10.1 Å². The molecule has 2 aromatic heterocycles. The molecule has 1 unspecified atom stereocenters. The van der Waals surface area contributed by atoms with E-state index in [9.17, 15) is 20.0 Å². The summed E-state index contributed by atoms with van der Waals surface area (Å²) in [6, 6.07) is 6.22. The molecule has 10 heteroatoms. The van der Waals surface area contributed by atoms with Crippen LogP contribution in [0.1, 0.15) is 48.5 Å². The third-order valence-electron chi connectivity index (χ3n) is 8.11. The molecule has 3 aromatic rings. The molecule has 2 saturated carbocycles. The highest BCUT2D eigenvalue weighted by molar-refractivity contribution is 7.20. The van der Waals surface area contributed by atoms with E-state index in [0.29, 0.717) is 52.3 Å². The second kappa shape index (κ2) is 8.60. The summed E-state index contributed by atoms with van der Waals surface area (Å²) in [5, 5.41) is 22.3. The number of benzene rings is 1. The molecule has 0 radical (unpaired) electrons. The molecule has 2 aliphatic carbocycles. The number of methoxy groups -OCH3 is 1. The first-order chi connectivity index (χ1) is 17.0. The van der Waals surface area contributed by atoms with Gasteiger partial charge in [-0.2, -0.15) is 0 Å². The highest BCUT2D eigenvalue weighted by atomic mass is 32.1. The largest absolute Gasteiger partial charge is 0.465 e. The number of carbonyl (C=O) groups is 1. The van der Waals surface area contributed by atoms with Crippen molar-refractivity contribution < 1.29 is 19.6 Å². The van der Waals surface area contributed by atoms with Gasteiger partial charge in [-0.15, -0.1) is 11.3 Å². The number of piperidine rings is 1. The van der Waals surface area contributed by atoms with Crippen LogP contribution in [0.4, 0.5) is 10.7 Å². The molecule has 3 aliphatic rings. The van der Waals surface area contributed by atoms with Crippen molar-refractivity contribution in [2.45, 2.75) is 38.1 Å². The fourth-order valence-corrected chi connectivity index (χ4v) is 7.47. The Morgan fingerprint density at radius 1 is 1.26 bits per heavy atom. The average Bonchev–Trinajstić information content (AvgIpc) is 3.29. The molecule has 0 bridgehead atoms. The maximum absolute atomic E-state index is 12.8. The van der Waals surface area contributed by atoms with Crippen LogP contribution in [0.15, 0.2) is 24.5 Å². The van der Waals surface area contributed by atoms with Gasteiger partial charge in [-0.25, -0.2) is 9.78 Å². The molecule has 1 aliphatic heterocycles. The molecule has 0 spiro atoms. The van der Waals surface area contributed by atoms with Crippen molar-refractivity contribution in [3.05, 3.63) is 40.2 Å².